The van der Waals surface area contributed by atoms with Crippen LogP contribution < -0.4 is 0 Å². The maximum atomic E-state index is 6.06. The van der Waals surface area contributed by atoms with Gasteiger partial charge in [0, 0.05) is 12.8 Å². The Hall–Kier alpha value is -0.670. The average Bonchev–Trinajstić information content (AvgIpc) is 2.31. The van der Waals surface area contributed by atoms with Crippen LogP contribution in [0.1, 0.15) is 58.0 Å². The molecule has 0 atom stereocenters. The molecule has 0 amide bonds. The molecule has 0 saturated carbocycles. The third-order valence-corrected chi connectivity index (χ3v) is 3.44. The lowest BCUT2D eigenvalue weighted by atomic mass is 9.95. The maximum Gasteiger partial charge on any atom is 0.162 e. The molecule has 17 heavy (non-hydrogen) atoms. The summed E-state index contributed by atoms with van der Waals surface area (Å²) < 4.78 is 5.63. The van der Waals surface area contributed by atoms with Gasteiger partial charge < -0.3 is 4.74 Å². The van der Waals surface area contributed by atoms with Crippen molar-refractivity contribution in [2.24, 2.45) is 0 Å². The molecule has 96 valence electrons. The highest BCUT2D eigenvalue weighted by atomic mass is 35.5. The summed E-state index contributed by atoms with van der Waals surface area (Å²) in [5.41, 5.74) is 0.539. The van der Waals surface area contributed by atoms with Crippen LogP contribution in [0.2, 0.25) is 5.15 Å². The van der Waals surface area contributed by atoms with Crippen LogP contribution >= 0.6 is 11.6 Å². The quantitative estimate of drug-likeness (QED) is 0.749. The molecule has 4 heteroatoms. The largest absolute Gasteiger partial charge is 0.370 e. The van der Waals surface area contributed by atoms with Crippen molar-refractivity contribution in [3.8, 4) is 0 Å². The minimum Gasteiger partial charge on any atom is -0.370 e. The number of methoxy groups -OCH3 is 1. The van der Waals surface area contributed by atoms with Crippen molar-refractivity contribution in [3.63, 3.8) is 0 Å². The number of aromatic nitrogens is 2. The standard InChI is InChI=1S/C13H21ClN2O/c1-6-13(7-2,17-5)12-15-10(9(3)4)8-11(14)16-12/h8-9H,6-7H2,1-5H3. The third kappa shape index (κ3) is 2.96. The van der Waals surface area contributed by atoms with Gasteiger partial charge in [0.15, 0.2) is 5.82 Å². The summed E-state index contributed by atoms with van der Waals surface area (Å²) in [4.78, 5) is 8.93. The van der Waals surface area contributed by atoms with Crippen LogP contribution in [0.4, 0.5) is 0 Å². The zero-order chi connectivity index (χ0) is 13.1. The van der Waals surface area contributed by atoms with Crippen molar-refractivity contribution < 1.29 is 4.74 Å². The first-order chi connectivity index (χ1) is 7.99. The number of nitrogens with zero attached hydrogens (tertiary/aromatic N) is 2. The first kappa shape index (κ1) is 14.4. The van der Waals surface area contributed by atoms with Crippen LogP contribution in [-0.4, -0.2) is 17.1 Å². The molecule has 0 N–H and O–H groups in total. The van der Waals surface area contributed by atoms with E-state index in [0.717, 1.165) is 18.5 Å². The molecule has 1 aromatic heterocycles. The summed E-state index contributed by atoms with van der Waals surface area (Å²) >= 11 is 6.06. The number of halogens is 1. The lowest BCUT2D eigenvalue weighted by molar-refractivity contribution is -0.0293. The molecule has 0 aliphatic heterocycles. The summed E-state index contributed by atoms with van der Waals surface area (Å²) in [5.74, 6) is 1.03. The second kappa shape index (κ2) is 5.78. The zero-order valence-corrected chi connectivity index (χ0v) is 12.0. The molecule has 0 radical (unpaired) electrons. The van der Waals surface area contributed by atoms with E-state index in [0.29, 0.717) is 16.9 Å². The maximum absolute atomic E-state index is 6.06. The molecule has 0 spiro atoms. The van der Waals surface area contributed by atoms with E-state index in [-0.39, 0.29) is 0 Å². The second-order valence-corrected chi connectivity index (χ2v) is 4.89. The molecule has 3 nitrogen and oxygen atoms in total. The Labute approximate surface area is 109 Å². The minimum atomic E-state index is -0.422. The molecule has 0 aliphatic carbocycles. The molecule has 0 fully saturated rings. The zero-order valence-electron chi connectivity index (χ0n) is 11.2. The van der Waals surface area contributed by atoms with Crippen LogP contribution in [0, 0.1) is 0 Å². The van der Waals surface area contributed by atoms with Gasteiger partial charge in [-0.25, -0.2) is 9.97 Å². The summed E-state index contributed by atoms with van der Waals surface area (Å²) in [7, 11) is 1.70. The minimum absolute atomic E-state index is 0.331. The molecule has 0 saturated heterocycles. The van der Waals surface area contributed by atoms with E-state index in [9.17, 15) is 0 Å². The first-order valence-corrected chi connectivity index (χ1v) is 6.47. The van der Waals surface area contributed by atoms with Gasteiger partial charge in [0.2, 0.25) is 0 Å². The normalized spacial score (nSPS) is 12.2. The molecule has 0 aliphatic rings. The smallest absolute Gasteiger partial charge is 0.162 e. The van der Waals surface area contributed by atoms with Gasteiger partial charge in [0.05, 0.1) is 0 Å². The summed E-state index contributed by atoms with van der Waals surface area (Å²) in [6.45, 7) is 8.34. The fourth-order valence-corrected chi connectivity index (χ4v) is 2.07. The van der Waals surface area contributed by atoms with Crippen molar-refractivity contribution >= 4 is 11.6 Å². The Kier molecular flexibility index (Phi) is 4.90. The Morgan fingerprint density at radius 1 is 1.29 bits per heavy atom. The SMILES string of the molecule is CCC(CC)(OC)c1nc(Cl)cc(C(C)C)n1. The van der Waals surface area contributed by atoms with Gasteiger partial charge in [-0.2, -0.15) is 0 Å². The fourth-order valence-electron chi connectivity index (χ4n) is 1.88. The highest BCUT2D eigenvalue weighted by Crippen LogP contribution is 2.31. The molecule has 0 unspecified atom stereocenters. The van der Waals surface area contributed by atoms with Crippen LogP contribution in [0.15, 0.2) is 6.07 Å². The van der Waals surface area contributed by atoms with E-state index < -0.39 is 5.60 Å². The summed E-state index contributed by atoms with van der Waals surface area (Å²) in [6.07, 6.45) is 1.66. The predicted molar refractivity (Wildman–Crippen MR) is 70.4 cm³/mol. The van der Waals surface area contributed by atoms with E-state index in [1.165, 1.54) is 0 Å². The summed E-state index contributed by atoms with van der Waals surface area (Å²) in [6, 6.07) is 1.82. The third-order valence-electron chi connectivity index (χ3n) is 3.25. The van der Waals surface area contributed by atoms with Gasteiger partial charge >= 0.3 is 0 Å². The lowest BCUT2D eigenvalue weighted by Crippen LogP contribution is -2.30. The van der Waals surface area contributed by atoms with Crippen LogP contribution in [0.25, 0.3) is 0 Å². The molecule has 1 aromatic rings. The first-order valence-electron chi connectivity index (χ1n) is 6.09. The Bertz CT molecular complexity index is 367. The van der Waals surface area contributed by atoms with E-state index in [1.54, 1.807) is 7.11 Å². The molecule has 0 aromatic carbocycles. The van der Waals surface area contributed by atoms with Gasteiger partial charge in [-0.1, -0.05) is 39.3 Å². The van der Waals surface area contributed by atoms with Crippen LogP contribution in [0.5, 0.6) is 0 Å². The monoisotopic (exact) mass is 256 g/mol. The molecule has 0 bridgehead atoms. The molecule has 1 heterocycles. The van der Waals surface area contributed by atoms with E-state index >= 15 is 0 Å². The van der Waals surface area contributed by atoms with E-state index in [1.807, 2.05) is 6.07 Å². The van der Waals surface area contributed by atoms with Gasteiger partial charge in [-0.05, 0) is 24.8 Å². The van der Waals surface area contributed by atoms with Crippen molar-refractivity contribution in [1.82, 2.24) is 9.97 Å². The van der Waals surface area contributed by atoms with Crippen LogP contribution in [0.3, 0.4) is 0 Å². The number of ether oxygens (including phenoxy) is 1. The highest BCUT2D eigenvalue weighted by molar-refractivity contribution is 6.29. The second-order valence-electron chi connectivity index (χ2n) is 4.50. The number of hydrogen-bond donors (Lipinski definition) is 0. The average molecular weight is 257 g/mol. The van der Waals surface area contributed by atoms with Crippen molar-refractivity contribution in [2.75, 3.05) is 7.11 Å². The predicted octanol–water partition coefficient (Wildman–Crippen LogP) is 3.92. The van der Waals surface area contributed by atoms with Gasteiger partial charge in [-0.15, -0.1) is 0 Å². The van der Waals surface area contributed by atoms with Gasteiger partial charge in [0.1, 0.15) is 10.8 Å². The van der Waals surface area contributed by atoms with Crippen molar-refractivity contribution in [2.45, 2.75) is 52.1 Å². The number of rotatable bonds is 5. The Balaban J connectivity index is 3.29. The number of hydrogen-bond acceptors (Lipinski definition) is 3. The van der Waals surface area contributed by atoms with Crippen molar-refractivity contribution in [3.05, 3.63) is 22.7 Å². The van der Waals surface area contributed by atoms with E-state index in [4.69, 9.17) is 16.3 Å². The molecular weight excluding hydrogens is 236 g/mol. The summed E-state index contributed by atoms with van der Waals surface area (Å²) in [5, 5.41) is 0.488. The van der Waals surface area contributed by atoms with Gasteiger partial charge in [0.25, 0.3) is 0 Å². The fraction of sp³-hybridized carbons (Fsp3) is 0.692. The van der Waals surface area contributed by atoms with Crippen LogP contribution in [-0.2, 0) is 10.3 Å². The van der Waals surface area contributed by atoms with Crippen molar-refractivity contribution in [1.29, 1.82) is 0 Å². The topological polar surface area (TPSA) is 35.0 Å². The van der Waals surface area contributed by atoms with E-state index in [2.05, 4.69) is 37.7 Å². The Morgan fingerprint density at radius 2 is 1.88 bits per heavy atom. The molecule has 1 rings (SSSR count). The highest BCUT2D eigenvalue weighted by Gasteiger charge is 2.32. The lowest BCUT2D eigenvalue weighted by Gasteiger charge is -2.29. The Morgan fingerprint density at radius 3 is 2.29 bits per heavy atom. The molecular formula is C13H21ClN2O. The van der Waals surface area contributed by atoms with Gasteiger partial charge in [-0.3, -0.25) is 0 Å².